The molecule has 1 unspecified atom stereocenters. The van der Waals surface area contributed by atoms with E-state index in [0.717, 1.165) is 11.0 Å². The van der Waals surface area contributed by atoms with Crippen molar-refractivity contribution in [3.63, 3.8) is 0 Å². The van der Waals surface area contributed by atoms with E-state index in [2.05, 4.69) is 5.32 Å². The molecular weight excluding hydrogens is 254 g/mol. The summed E-state index contributed by atoms with van der Waals surface area (Å²) in [6.07, 6.45) is 2.46. The van der Waals surface area contributed by atoms with Gasteiger partial charge in [0.15, 0.2) is 0 Å². The second-order valence-electron chi connectivity index (χ2n) is 3.63. The van der Waals surface area contributed by atoms with Crippen LogP contribution in [-0.4, -0.2) is 36.7 Å². The van der Waals surface area contributed by atoms with Crippen LogP contribution in [0.2, 0.25) is 0 Å². The largest absolute Gasteiger partial charge is 0.478 e. The molecule has 1 aromatic heterocycles. The highest BCUT2D eigenvalue weighted by atomic mass is 32.1. The number of hydrogen-bond donors (Lipinski definition) is 2. The summed E-state index contributed by atoms with van der Waals surface area (Å²) in [5.41, 5.74) is 0. The van der Waals surface area contributed by atoms with Crippen LogP contribution >= 0.6 is 11.3 Å². The van der Waals surface area contributed by atoms with E-state index in [1.54, 1.807) is 19.2 Å². The molecule has 0 saturated carbocycles. The number of rotatable bonds is 6. The van der Waals surface area contributed by atoms with Gasteiger partial charge in [0.25, 0.3) is 5.91 Å². The van der Waals surface area contributed by atoms with E-state index in [9.17, 15) is 9.59 Å². The predicted octanol–water partition coefficient (Wildman–Crippen LogP) is 1.61. The molecule has 5 nitrogen and oxygen atoms in total. The van der Waals surface area contributed by atoms with Gasteiger partial charge in [0.1, 0.15) is 0 Å². The molecule has 1 heterocycles. The van der Waals surface area contributed by atoms with Crippen molar-refractivity contribution >= 4 is 29.3 Å². The van der Waals surface area contributed by atoms with Crippen LogP contribution < -0.4 is 5.32 Å². The number of aliphatic carboxylic acids is 1. The van der Waals surface area contributed by atoms with E-state index >= 15 is 0 Å². The smallest absolute Gasteiger partial charge is 0.328 e. The van der Waals surface area contributed by atoms with E-state index in [1.165, 1.54) is 17.4 Å². The first kappa shape index (κ1) is 14.4. The molecule has 6 heteroatoms. The van der Waals surface area contributed by atoms with Crippen molar-refractivity contribution in [2.45, 2.75) is 13.0 Å². The maximum Gasteiger partial charge on any atom is 0.328 e. The molecule has 1 amide bonds. The molecule has 0 bridgehead atoms. The molecule has 1 rings (SSSR count). The second kappa shape index (κ2) is 6.93. The van der Waals surface area contributed by atoms with Gasteiger partial charge in [-0.05, 0) is 25.1 Å². The van der Waals surface area contributed by atoms with Crippen molar-refractivity contribution in [3.8, 4) is 0 Å². The first-order valence-electron chi connectivity index (χ1n) is 5.34. The zero-order valence-electron chi connectivity index (χ0n) is 10.2. The number of carboxylic acid groups (broad SMARTS) is 1. The van der Waals surface area contributed by atoms with Crippen LogP contribution in [0.1, 0.15) is 21.5 Å². The Morgan fingerprint density at radius 1 is 1.56 bits per heavy atom. The summed E-state index contributed by atoms with van der Waals surface area (Å²) in [5.74, 6) is -1.19. The lowest BCUT2D eigenvalue weighted by molar-refractivity contribution is -0.131. The van der Waals surface area contributed by atoms with E-state index in [0.29, 0.717) is 11.4 Å². The SMILES string of the molecule is COC(C)CNC(=O)c1ccc(/C=C/C(=O)O)s1. The molecule has 0 spiro atoms. The lowest BCUT2D eigenvalue weighted by atomic mass is 10.3. The van der Waals surface area contributed by atoms with E-state index in [4.69, 9.17) is 9.84 Å². The highest BCUT2D eigenvalue weighted by molar-refractivity contribution is 7.14. The van der Waals surface area contributed by atoms with Crippen molar-refractivity contribution in [2.24, 2.45) is 0 Å². The fraction of sp³-hybridized carbons (Fsp3) is 0.333. The van der Waals surface area contributed by atoms with Gasteiger partial charge in [-0.25, -0.2) is 4.79 Å². The number of carboxylic acids is 1. The molecule has 0 fully saturated rings. The molecule has 0 aliphatic rings. The van der Waals surface area contributed by atoms with Gasteiger partial charge >= 0.3 is 5.97 Å². The third-order valence-electron chi connectivity index (χ3n) is 2.19. The number of thiophene rings is 1. The van der Waals surface area contributed by atoms with Crippen molar-refractivity contribution in [2.75, 3.05) is 13.7 Å². The Bertz CT molecular complexity index is 453. The van der Waals surface area contributed by atoms with Crippen molar-refractivity contribution < 1.29 is 19.4 Å². The Labute approximate surface area is 109 Å². The minimum atomic E-state index is -1.01. The summed E-state index contributed by atoms with van der Waals surface area (Å²) >= 11 is 1.24. The van der Waals surface area contributed by atoms with Crippen LogP contribution in [-0.2, 0) is 9.53 Å². The Morgan fingerprint density at radius 3 is 2.89 bits per heavy atom. The Balaban J connectivity index is 2.57. The molecule has 1 aromatic rings. The van der Waals surface area contributed by atoms with Gasteiger partial charge in [-0.1, -0.05) is 0 Å². The van der Waals surface area contributed by atoms with Gasteiger partial charge in [0.05, 0.1) is 11.0 Å². The monoisotopic (exact) mass is 269 g/mol. The maximum absolute atomic E-state index is 11.7. The molecule has 0 aliphatic carbocycles. The number of ether oxygens (including phenoxy) is 1. The third-order valence-corrected chi connectivity index (χ3v) is 3.24. The van der Waals surface area contributed by atoms with Gasteiger partial charge in [-0.3, -0.25) is 4.79 Å². The van der Waals surface area contributed by atoms with Gasteiger partial charge in [-0.15, -0.1) is 11.3 Å². The summed E-state index contributed by atoms with van der Waals surface area (Å²) in [6, 6.07) is 3.37. The topological polar surface area (TPSA) is 75.6 Å². The Morgan fingerprint density at radius 2 is 2.28 bits per heavy atom. The van der Waals surface area contributed by atoms with Gasteiger partial charge < -0.3 is 15.2 Å². The molecule has 98 valence electrons. The second-order valence-corrected chi connectivity index (χ2v) is 4.75. The van der Waals surface area contributed by atoms with Gasteiger partial charge in [-0.2, -0.15) is 0 Å². The Hall–Kier alpha value is -1.66. The molecule has 0 saturated heterocycles. The average Bonchev–Trinajstić information content (AvgIpc) is 2.81. The van der Waals surface area contributed by atoms with Crippen LogP contribution in [0.5, 0.6) is 0 Å². The van der Waals surface area contributed by atoms with Crippen molar-refractivity contribution in [1.82, 2.24) is 5.32 Å². The van der Waals surface area contributed by atoms with Crippen LogP contribution in [0, 0.1) is 0 Å². The number of amides is 1. The predicted molar refractivity (Wildman–Crippen MR) is 69.8 cm³/mol. The minimum absolute atomic E-state index is 0.0414. The lowest BCUT2D eigenvalue weighted by Gasteiger charge is -2.09. The summed E-state index contributed by atoms with van der Waals surface area (Å²) in [6.45, 7) is 2.29. The molecule has 1 atom stereocenters. The molecule has 0 radical (unpaired) electrons. The molecule has 0 aromatic carbocycles. The normalized spacial score (nSPS) is 12.6. The molecular formula is C12H15NO4S. The van der Waals surface area contributed by atoms with Crippen LogP contribution in [0.15, 0.2) is 18.2 Å². The molecule has 18 heavy (non-hydrogen) atoms. The van der Waals surface area contributed by atoms with E-state index in [-0.39, 0.29) is 12.0 Å². The summed E-state index contributed by atoms with van der Waals surface area (Å²) < 4.78 is 5.02. The zero-order chi connectivity index (χ0) is 13.5. The van der Waals surface area contributed by atoms with Gasteiger partial charge in [0, 0.05) is 24.6 Å². The molecule has 2 N–H and O–H groups in total. The van der Waals surface area contributed by atoms with Crippen LogP contribution in [0.25, 0.3) is 6.08 Å². The number of hydrogen-bond acceptors (Lipinski definition) is 4. The standard InChI is InChI=1S/C12H15NO4S/c1-8(17-2)7-13-12(16)10-5-3-9(18-10)4-6-11(14)15/h3-6,8H,7H2,1-2H3,(H,13,16)(H,14,15)/b6-4+. The highest BCUT2D eigenvalue weighted by Crippen LogP contribution is 2.17. The molecule has 0 aliphatic heterocycles. The number of methoxy groups -OCH3 is 1. The summed E-state index contributed by atoms with van der Waals surface area (Å²) in [4.78, 5) is 23.3. The number of nitrogens with one attached hydrogen (secondary N) is 1. The minimum Gasteiger partial charge on any atom is -0.478 e. The fourth-order valence-electron chi connectivity index (χ4n) is 1.12. The Kier molecular flexibility index (Phi) is 5.54. The third kappa shape index (κ3) is 4.68. The van der Waals surface area contributed by atoms with E-state index < -0.39 is 5.97 Å². The average molecular weight is 269 g/mol. The summed E-state index contributed by atoms with van der Waals surface area (Å²) in [5, 5.41) is 11.2. The number of carbonyl (C=O) groups excluding carboxylic acids is 1. The van der Waals surface area contributed by atoms with Crippen LogP contribution in [0.3, 0.4) is 0 Å². The van der Waals surface area contributed by atoms with Crippen LogP contribution in [0.4, 0.5) is 0 Å². The van der Waals surface area contributed by atoms with Crippen molar-refractivity contribution in [3.05, 3.63) is 28.0 Å². The first-order chi connectivity index (χ1) is 8.52. The first-order valence-corrected chi connectivity index (χ1v) is 6.16. The lowest BCUT2D eigenvalue weighted by Crippen LogP contribution is -2.30. The van der Waals surface area contributed by atoms with Gasteiger partial charge in [0.2, 0.25) is 0 Å². The summed E-state index contributed by atoms with van der Waals surface area (Å²) in [7, 11) is 1.58. The van der Waals surface area contributed by atoms with E-state index in [1.807, 2.05) is 6.92 Å². The quantitative estimate of drug-likeness (QED) is 0.769. The highest BCUT2D eigenvalue weighted by Gasteiger charge is 2.09. The zero-order valence-corrected chi connectivity index (χ0v) is 11.0. The maximum atomic E-state index is 11.7. The number of carbonyl (C=O) groups is 2. The van der Waals surface area contributed by atoms with Crippen molar-refractivity contribution in [1.29, 1.82) is 0 Å². The fourth-order valence-corrected chi connectivity index (χ4v) is 1.95.